The summed E-state index contributed by atoms with van der Waals surface area (Å²) in [6, 6.07) is 4.82. The summed E-state index contributed by atoms with van der Waals surface area (Å²) in [7, 11) is -3.73. The van der Waals surface area contributed by atoms with Crippen molar-refractivity contribution in [2.75, 3.05) is 25.0 Å². The zero-order valence-corrected chi connectivity index (χ0v) is 16.8. The summed E-state index contributed by atoms with van der Waals surface area (Å²) in [4.78, 5) is 24.1. The lowest BCUT2D eigenvalue weighted by molar-refractivity contribution is -0.149. The second kappa shape index (κ2) is 7.24. The van der Waals surface area contributed by atoms with Gasteiger partial charge in [0.25, 0.3) is 0 Å². The highest BCUT2D eigenvalue weighted by atomic mass is 32.2. The van der Waals surface area contributed by atoms with Gasteiger partial charge in [0.1, 0.15) is 0 Å². The van der Waals surface area contributed by atoms with Crippen LogP contribution in [0.15, 0.2) is 23.1 Å². The Morgan fingerprint density at radius 2 is 2.11 bits per heavy atom. The van der Waals surface area contributed by atoms with Crippen LogP contribution in [0.3, 0.4) is 0 Å². The van der Waals surface area contributed by atoms with E-state index in [0.29, 0.717) is 31.5 Å². The summed E-state index contributed by atoms with van der Waals surface area (Å²) in [6.45, 7) is 6.40. The first kappa shape index (κ1) is 19.8. The highest BCUT2D eigenvalue weighted by molar-refractivity contribution is 7.89. The number of piperidine rings is 1. The first-order chi connectivity index (χ1) is 12.6. The number of amides is 1. The first-order valence-electron chi connectivity index (χ1n) is 9.26. The molecule has 0 aliphatic carbocycles. The Labute approximate surface area is 160 Å². The number of anilines is 1. The molecule has 8 heteroatoms. The van der Waals surface area contributed by atoms with Crippen molar-refractivity contribution in [1.82, 2.24) is 4.31 Å². The van der Waals surface area contributed by atoms with Crippen LogP contribution in [-0.4, -0.2) is 44.3 Å². The number of rotatable bonds is 4. The maximum Gasteiger partial charge on any atom is 0.310 e. The van der Waals surface area contributed by atoms with Crippen molar-refractivity contribution in [1.29, 1.82) is 0 Å². The molecule has 1 unspecified atom stereocenters. The molecule has 27 heavy (non-hydrogen) atoms. The van der Waals surface area contributed by atoms with Crippen LogP contribution in [0.4, 0.5) is 5.69 Å². The fourth-order valence-electron chi connectivity index (χ4n) is 3.81. The molecule has 1 atom stereocenters. The van der Waals surface area contributed by atoms with Crippen LogP contribution >= 0.6 is 0 Å². The minimum absolute atomic E-state index is 0.0728. The molecule has 2 aliphatic rings. The average Bonchev–Trinajstić information content (AvgIpc) is 2.61. The third-order valence-corrected chi connectivity index (χ3v) is 7.10. The van der Waals surface area contributed by atoms with E-state index in [4.69, 9.17) is 4.74 Å². The van der Waals surface area contributed by atoms with Crippen LogP contribution in [0.25, 0.3) is 0 Å². The van der Waals surface area contributed by atoms with Crippen molar-refractivity contribution in [3.63, 3.8) is 0 Å². The molecule has 1 fully saturated rings. The van der Waals surface area contributed by atoms with E-state index in [-0.39, 0.29) is 29.9 Å². The third-order valence-electron chi connectivity index (χ3n) is 5.24. The van der Waals surface area contributed by atoms with Crippen molar-refractivity contribution in [2.45, 2.75) is 50.3 Å². The van der Waals surface area contributed by atoms with Crippen molar-refractivity contribution in [3.05, 3.63) is 23.8 Å². The van der Waals surface area contributed by atoms with Gasteiger partial charge in [-0.3, -0.25) is 9.59 Å². The lowest BCUT2D eigenvalue weighted by atomic mass is 9.78. The van der Waals surface area contributed by atoms with E-state index in [0.717, 1.165) is 5.56 Å². The Hall–Kier alpha value is -1.93. The topological polar surface area (TPSA) is 92.8 Å². The van der Waals surface area contributed by atoms with Crippen molar-refractivity contribution >= 4 is 27.6 Å². The number of hydrogen-bond acceptors (Lipinski definition) is 5. The van der Waals surface area contributed by atoms with E-state index in [2.05, 4.69) is 5.32 Å². The molecule has 1 N–H and O–H groups in total. The van der Waals surface area contributed by atoms with E-state index in [9.17, 15) is 18.0 Å². The van der Waals surface area contributed by atoms with Crippen LogP contribution < -0.4 is 5.32 Å². The van der Waals surface area contributed by atoms with Gasteiger partial charge in [-0.1, -0.05) is 13.8 Å². The molecule has 1 saturated heterocycles. The number of nitrogens with one attached hydrogen (secondary N) is 1. The molecule has 0 saturated carbocycles. The monoisotopic (exact) mass is 394 g/mol. The number of hydrogen-bond donors (Lipinski definition) is 1. The summed E-state index contributed by atoms with van der Waals surface area (Å²) in [5, 5.41) is 2.80. The Morgan fingerprint density at radius 3 is 2.81 bits per heavy atom. The van der Waals surface area contributed by atoms with Crippen molar-refractivity contribution < 1.29 is 22.7 Å². The molecule has 2 heterocycles. The Balaban J connectivity index is 1.89. The van der Waals surface area contributed by atoms with E-state index in [1.165, 1.54) is 10.4 Å². The number of carbonyl (C=O) groups is 2. The van der Waals surface area contributed by atoms with E-state index < -0.39 is 21.4 Å². The van der Waals surface area contributed by atoms with Gasteiger partial charge in [0.05, 0.1) is 17.4 Å². The van der Waals surface area contributed by atoms with Gasteiger partial charge in [0.15, 0.2) is 0 Å². The van der Waals surface area contributed by atoms with Crippen LogP contribution in [-0.2, 0) is 29.8 Å². The Morgan fingerprint density at radius 1 is 1.37 bits per heavy atom. The van der Waals surface area contributed by atoms with Crippen LogP contribution in [0.5, 0.6) is 0 Å². The van der Waals surface area contributed by atoms with Crippen molar-refractivity contribution in [2.24, 2.45) is 5.92 Å². The van der Waals surface area contributed by atoms with Gasteiger partial charge < -0.3 is 10.1 Å². The number of carbonyl (C=O) groups excluding carboxylic acids is 2. The number of ether oxygens (including phenoxy) is 1. The fraction of sp³-hybridized carbons (Fsp3) is 0.579. The minimum atomic E-state index is -3.73. The second-order valence-electron chi connectivity index (χ2n) is 7.77. The number of sulfonamides is 1. The maximum atomic E-state index is 13.2. The lowest BCUT2D eigenvalue weighted by Crippen LogP contribution is -2.43. The maximum absolute atomic E-state index is 13.2. The molecule has 0 spiro atoms. The van der Waals surface area contributed by atoms with Gasteiger partial charge in [0.2, 0.25) is 15.9 Å². The van der Waals surface area contributed by atoms with Gasteiger partial charge in [-0.15, -0.1) is 0 Å². The van der Waals surface area contributed by atoms with Crippen molar-refractivity contribution in [3.8, 4) is 0 Å². The van der Waals surface area contributed by atoms with Gasteiger partial charge in [-0.2, -0.15) is 4.31 Å². The molecule has 1 amide bonds. The third kappa shape index (κ3) is 3.87. The molecule has 1 aromatic carbocycles. The molecule has 0 bridgehead atoms. The SMILES string of the molecule is CCOC(=O)C1CCCN(S(=O)(=O)c2ccc3c(c2)C(C)(C)CC(=O)N3)C1. The normalized spacial score (nSPS) is 22.6. The molecular weight excluding hydrogens is 368 g/mol. The molecule has 7 nitrogen and oxygen atoms in total. The molecule has 3 rings (SSSR count). The summed E-state index contributed by atoms with van der Waals surface area (Å²) in [5.41, 5.74) is 1.01. The Bertz CT molecular complexity index is 863. The average molecular weight is 394 g/mol. The Kier molecular flexibility index (Phi) is 5.31. The molecule has 148 valence electrons. The van der Waals surface area contributed by atoms with E-state index in [1.807, 2.05) is 13.8 Å². The fourth-order valence-corrected chi connectivity index (χ4v) is 5.36. The standard InChI is InChI=1S/C19H26N2O5S/c1-4-26-18(23)13-6-5-9-21(12-13)27(24,25)14-7-8-16-15(10-14)19(2,3)11-17(22)20-16/h7-8,10,13H,4-6,9,11-12H2,1-3H3,(H,20,22). The predicted octanol–water partition coefficient (Wildman–Crippen LogP) is 2.27. The number of nitrogens with zero attached hydrogens (tertiary/aromatic N) is 1. The van der Waals surface area contributed by atoms with Crippen LogP contribution in [0, 0.1) is 5.92 Å². The minimum Gasteiger partial charge on any atom is -0.466 e. The summed E-state index contributed by atoms with van der Waals surface area (Å²) >= 11 is 0. The zero-order chi connectivity index (χ0) is 19.8. The molecule has 1 aromatic rings. The summed E-state index contributed by atoms with van der Waals surface area (Å²) < 4.78 is 32.8. The highest BCUT2D eigenvalue weighted by Crippen LogP contribution is 2.39. The molecule has 2 aliphatic heterocycles. The smallest absolute Gasteiger partial charge is 0.310 e. The van der Waals surface area contributed by atoms with Gasteiger partial charge in [0, 0.05) is 30.6 Å². The molecule has 0 aromatic heterocycles. The van der Waals surface area contributed by atoms with Gasteiger partial charge in [-0.25, -0.2) is 8.42 Å². The largest absolute Gasteiger partial charge is 0.466 e. The van der Waals surface area contributed by atoms with Gasteiger partial charge >= 0.3 is 5.97 Å². The second-order valence-corrected chi connectivity index (χ2v) is 9.71. The highest BCUT2D eigenvalue weighted by Gasteiger charge is 2.36. The number of benzene rings is 1. The number of esters is 1. The lowest BCUT2D eigenvalue weighted by Gasteiger charge is -2.34. The quantitative estimate of drug-likeness (QED) is 0.791. The van der Waals surface area contributed by atoms with Crippen LogP contribution in [0.1, 0.15) is 45.6 Å². The molecule has 0 radical (unpaired) electrons. The van der Waals surface area contributed by atoms with Crippen LogP contribution in [0.2, 0.25) is 0 Å². The predicted molar refractivity (Wildman–Crippen MR) is 101 cm³/mol. The summed E-state index contributed by atoms with van der Waals surface area (Å²) in [5.74, 6) is -0.843. The zero-order valence-electron chi connectivity index (χ0n) is 15.9. The van der Waals surface area contributed by atoms with E-state index >= 15 is 0 Å². The van der Waals surface area contributed by atoms with Gasteiger partial charge in [-0.05, 0) is 43.5 Å². The number of fused-ring (bicyclic) bond motifs is 1. The molecular formula is C19H26N2O5S. The first-order valence-corrected chi connectivity index (χ1v) is 10.7. The van der Waals surface area contributed by atoms with E-state index in [1.54, 1.807) is 19.1 Å². The summed E-state index contributed by atoms with van der Waals surface area (Å²) in [6.07, 6.45) is 1.56.